The van der Waals surface area contributed by atoms with E-state index in [0.717, 1.165) is 29.3 Å². The van der Waals surface area contributed by atoms with Gasteiger partial charge in [0.05, 0.1) is 16.1 Å². The van der Waals surface area contributed by atoms with Crippen molar-refractivity contribution in [3.63, 3.8) is 0 Å². The maximum absolute atomic E-state index is 11.3. The van der Waals surface area contributed by atoms with Gasteiger partial charge in [0, 0.05) is 5.39 Å². The van der Waals surface area contributed by atoms with E-state index < -0.39 is 10.0 Å². The van der Waals surface area contributed by atoms with Crippen LogP contribution >= 0.6 is 0 Å². The van der Waals surface area contributed by atoms with Gasteiger partial charge in [-0.25, -0.2) is 13.6 Å². The molecule has 0 atom stereocenters. The predicted molar refractivity (Wildman–Crippen MR) is 104 cm³/mol. The van der Waals surface area contributed by atoms with E-state index in [1.54, 1.807) is 0 Å². The molecule has 4 N–H and O–H groups in total. The van der Waals surface area contributed by atoms with Gasteiger partial charge in [-0.15, -0.1) is 5.11 Å². The largest absolute Gasteiger partial charge is 0.493 e. The summed E-state index contributed by atoms with van der Waals surface area (Å²) in [5.41, 5.74) is 3.94. The van der Waals surface area contributed by atoms with Crippen LogP contribution in [0.25, 0.3) is 17.0 Å². The van der Waals surface area contributed by atoms with E-state index in [4.69, 9.17) is 5.14 Å². The van der Waals surface area contributed by atoms with E-state index in [1.807, 2.05) is 18.2 Å². The number of allylic oxidation sites excluding steroid dienone is 1. The lowest BCUT2D eigenvalue weighted by atomic mass is 9.90. The van der Waals surface area contributed by atoms with Crippen molar-refractivity contribution < 1.29 is 13.5 Å². The highest BCUT2D eigenvalue weighted by atomic mass is 32.2. The third-order valence-electron chi connectivity index (χ3n) is 4.60. The Balaban J connectivity index is 1.73. The Bertz CT molecular complexity index is 1170. The van der Waals surface area contributed by atoms with Crippen LogP contribution in [0.2, 0.25) is 0 Å². The highest BCUT2D eigenvalue weighted by Gasteiger charge is 2.15. The molecule has 0 unspecified atom stereocenters. The van der Waals surface area contributed by atoms with Crippen LogP contribution in [-0.2, 0) is 10.0 Å². The van der Waals surface area contributed by atoms with Crippen molar-refractivity contribution in [2.24, 2.45) is 15.4 Å². The number of rotatable bonds is 4. The molecule has 138 valence electrons. The first-order chi connectivity index (χ1) is 12.9. The van der Waals surface area contributed by atoms with E-state index in [9.17, 15) is 13.5 Å². The minimum Gasteiger partial charge on any atom is -0.493 e. The molecule has 0 spiro atoms. The molecule has 4 rings (SSSR count). The fraction of sp³-hybridized carbons (Fsp3) is 0.158. The average molecular weight is 382 g/mol. The molecule has 0 bridgehead atoms. The number of primary sulfonamides is 1. The van der Waals surface area contributed by atoms with Crippen molar-refractivity contribution in [2.45, 2.75) is 24.2 Å². The van der Waals surface area contributed by atoms with Gasteiger partial charge in [-0.1, -0.05) is 23.8 Å². The number of azo groups is 1. The number of sulfonamides is 1. The maximum Gasteiger partial charge on any atom is 0.238 e. The molecule has 1 fully saturated rings. The van der Waals surface area contributed by atoms with Crippen molar-refractivity contribution >= 4 is 38.4 Å². The topological polar surface area (TPSA) is 121 Å². The van der Waals surface area contributed by atoms with Crippen LogP contribution in [0.4, 0.5) is 11.4 Å². The van der Waals surface area contributed by atoms with Gasteiger partial charge in [0.2, 0.25) is 15.9 Å². The molecular formula is C19H18N4O3S. The molecule has 0 saturated heterocycles. The summed E-state index contributed by atoms with van der Waals surface area (Å²) in [5, 5.41) is 24.5. The zero-order valence-corrected chi connectivity index (χ0v) is 15.2. The summed E-state index contributed by atoms with van der Waals surface area (Å²) in [4.78, 5) is 2.92. The van der Waals surface area contributed by atoms with Gasteiger partial charge in [-0.2, -0.15) is 5.11 Å². The summed E-state index contributed by atoms with van der Waals surface area (Å²) >= 11 is 0. The molecule has 0 radical (unpaired) electrons. The van der Waals surface area contributed by atoms with Crippen LogP contribution in [0.1, 0.15) is 24.8 Å². The third kappa shape index (κ3) is 3.49. The van der Waals surface area contributed by atoms with Crippen molar-refractivity contribution in [2.75, 3.05) is 0 Å². The van der Waals surface area contributed by atoms with E-state index in [-0.39, 0.29) is 10.8 Å². The molecular weight excluding hydrogens is 364 g/mol. The van der Waals surface area contributed by atoms with Crippen LogP contribution < -0.4 is 5.14 Å². The van der Waals surface area contributed by atoms with E-state index in [0.29, 0.717) is 11.4 Å². The Morgan fingerprint density at radius 1 is 1.07 bits per heavy atom. The van der Waals surface area contributed by atoms with Gasteiger partial charge in [0.1, 0.15) is 0 Å². The first-order valence-corrected chi connectivity index (χ1v) is 10.0. The van der Waals surface area contributed by atoms with Crippen LogP contribution in [-0.4, -0.2) is 18.5 Å². The molecule has 1 aliphatic rings. The standard InChI is InChI=1S/C19H18N4O3S/c20-27(25,26)15-9-7-14(8-10-15)22-23-18-17-13(11-12-3-1-4-12)5-2-6-16(17)21-19(18)24/h2,5-11,21,24H,1,3-4H2,(H2,20,25,26). The van der Waals surface area contributed by atoms with Crippen molar-refractivity contribution in [3.8, 4) is 5.88 Å². The molecule has 27 heavy (non-hydrogen) atoms. The number of fused-ring (bicyclic) bond motifs is 1. The minimum absolute atomic E-state index is 0.00537. The smallest absolute Gasteiger partial charge is 0.238 e. The number of aromatic hydroxyl groups is 1. The Labute approximate surface area is 156 Å². The van der Waals surface area contributed by atoms with Crippen molar-refractivity contribution in [3.05, 3.63) is 53.6 Å². The molecule has 0 amide bonds. The second kappa shape index (κ2) is 6.64. The Kier molecular flexibility index (Phi) is 4.29. The van der Waals surface area contributed by atoms with E-state index in [2.05, 4.69) is 21.3 Å². The van der Waals surface area contributed by atoms with Gasteiger partial charge in [0.25, 0.3) is 0 Å². The fourth-order valence-corrected chi connectivity index (χ4v) is 3.53. The average Bonchev–Trinajstić information content (AvgIpc) is 2.92. The summed E-state index contributed by atoms with van der Waals surface area (Å²) in [6.07, 6.45) is 5.54. The number of aromatic nitrogens is 1. The quantitative estimate of drug-likeness (QED) is 0.576. The van der Waals surface area contributed by atoms with Gasteiger partial charge < -0.3 is 10.1 Å². The third-order valence-corrected chi connectivity index (χ3v) is 5.53. The van der Waals surface area contributed by atoms with Gasteiger partial charge in [-0.3, -0.25) is 0 Å². The molecule has 3 aromatic rings. The summed E-state index contributed by atoms with van der Waals surface area (Å²) in [6.45, 7) is 0. The number of benzene rings is 2. The number of nitrogens with zero attached hydrogens (tertiary/aromatic N) is 2. The van der Waals surface area contributed by atoms with Gasteiger partial charge in [0.15, 0.2) is 5.69 Å². The highest BCUT2D eigenvalue weighted by Crippen LogP contribution is 2.40. The summed E-state index contributed by atoms with van der Waals surface area (Å²) in [6, 6.07) is 11.5. The summed E-state index contributed by atoms with van der Waals surface area (Å²) in [5.74, 6) is -0.0608. The number of nitrogens with two attached hydrogens (primary N) is 1. The lowest BCUT2D eigenvalue weighted by molar-refractivity contribution is 0.459. The van der Waals surface area contributed by atoms with Crippen LogP contribution in [0.5, 0.6) is 5.88 Å². The molecule has 1 aromatic heterocycles. The number of hydrogen-bond acceptors (Lipinski definition) is 5. The highest BCUT2D eigenvalue weighted by molar-refractivity contribution is 7.89. The molecule has 8 heteroatoms. The SMILES string of the molecule is NS(=O)(=O)c1ccc(N=Nc2c(O)[nH]c3cccc(C=C4CCC4)c23)cc1. The molecule has 1 saturated carbocycles. The Hall–Kier alpha value is -2.97. The van der Waals surface area contributed by atoms with Crippen LogP contribution in [0.15, 0.2) is 63.2 Å². The number of H-pyrrole nitrogens is 1. The first-order valence-electron chi connectivity index (χ1n) is 8.49. The zero-order chi connectivity index (χ0) is 19.0. The summed E-state index contributed by atoms with van der Waals surface area (Å²) in [7, 11) is -3.75. The monoisotopic (exact) mass is 382 g/mol. The minimum atomic E-state index is -3.75. The fourth-order valence-electron chi connectivity index (χ4n) is 3.02. The van der Waals surface area contributed by atoms with Crippen LogP contribution in [0.3, 0.4) is 0 Å². The lowest BCUT2D eigenvalue weighted by Crippen LogP contribution is -2.11. The van der Waals surface area contributed by atoms with Crippen molar-refractivity contribution in [1.82, 2.24) is 4.98 Å². The van der Waals surface area contributed by atoms with Gasteiger partial charge in [-0.05, 0) is 55.2 Å². The number of hydrogen-bond donors (Lipinski definition) is 3. The number of aromatic amines is 1. The maximum atomic E-state index is 11.3. The van der Waals surface area contributed by atoms with Gasteiger partial charge >= 0.3 is 0 Å². The molecule has 1 aliphatic carbocycles. The predicted octanol–water partition coefficient (Wildman–Crippen LogP) is 4.50. The van der Waals surface area contributed by atoms with Crippen LogP contribution in [0, 0.1) is 0 Å². The second-order valence-corrected chi connectivity index (χ2v) is 8.05. The van der Waals surface area contributed by atoms with Crippen molar-refractivity contribution in [1.29, 1.82) is 0 Å². The molecule has 1 heterocycles. The van der Waals surface area contributed by atoms with E-state index in [1.165, 1.54) is 36.3 Å². The molecule has 7 nitrogen and oxygen atoms in total. The second-order valence-electron chi connectivity index (χ2n) is 6.49. The Morgan fingerprint density at radius 3 is 2.44 bits per heavy atom. The molecule has 0 aliphatic heterocycles. The molecule has 2 aromatic carbocycles. The zero-order valence-electron chi connectivity index (χ0n) is 14.4. The Morgan fingerprint density at radius 2 is 1.81 bits per heavy atom. The lowest BCUT2D eigenvalue weighted by Gasteiger charge is -2.16. The first kappa shape index (κ1) is 17.4. The number of nitrogens with one attached hydrogen (secondary N) is 1. The van der Waals surface area contributed by atoms with E-state index >= 15 is 0 Å². The summed E-state index contributed by atoms with van der Waals surface area (Å²) < 4.78 is 22.6. The normalized spacial score (nSPS) is 14.6.